The van der Waals surface area contributed by atoms with Crippen LogP contribution in [0.4, 0.5) is 0 Å². The Bertz CT molecular complexity index is 704. The fraction of sp³-hybridized carbons (Fsp3) is 0.872. The third-order valence-electron chi connectivity index (χ3n) is 8.27. The van der Waals surface area contributed by atoms with Crippen molar-refractivity contribution < 1.29 is 28.6 Å². The van der Waals surface area contributed by atoms with Crippen LogP contribution in [0.5, 0.6) is 0 Å². The number of hydrogen-bond donors (Lipinski definition) is 0. The molecule has 1 atom stereocenters. The van der Waals surface area contributed by atoms with E-state index in [9.17, 15) is 14.4 Å². The second-order valence-electron chi connectivity index (χ2n) is 12.8. The quantitative estimate of drug-likeness (QED) is 0.0303. The lowest BCUT2D eigenvalue weighted by Crippen LogP contribution is -2.30. The van der Waals surface area contributed by atoms with Gasteiger partial charge in [-0.25, -0.2) is 0 Å². The summed E-state index contributed by atoms with van der Waals surface area (Å²) < 4.78 is 16.4. The third-order valence-corrected chi connectivity index (χ3v) is 8.27. The third kappa shape index (κ3) is 33.3. The molecule has 0 fully saturated rings. The smallest absolute Gasteiger partial charge is 0.306 e. The maximum Gasteiger partial charge on any atom is 0.306 e. The monoisotopic (exact) mass is 637 g/mol. The van der Waals surface area contributed by atoms with Gasteiger partial charge in [-0.2, -0.15) is 0 Å². The number of carbonyl (C=O) groups is 3. The zero-order valence-electron chi connectivity index (χ0n) is 29.9. The van der Waals surface area contributed by atoms with Crippen LogP contribution in [-0.2, 0) is 28.6 Å². The van der Waals surface area contributed by atoms with Gasteiger partial charge in [0.05, 0.1) is 0 Å². The van der Waals surface area contributed by atoms with Gasteiger partial charge in [0.15, 0.2) is 6.10 Å². The minimum atomic E-state index is -0.760. The molecule has 45 heavy (non-hydrogen) atoms. The zero-order chi connectivity index (χ0) is 33.1. The van der Waals surface area contributed by atoms with E-state index in [1.54, 1.807) is 0 Å². The first kappa shape index (κ1) is 43.1. The van der Waals surface area contributed by atoms with Crippen LogP contribution in [0.2, 0.25) is 0 Å². The summed E-state index contributed by atoms with van der Waals surface area (Å²) >= 11 is 0. The molecule has 6 heteroatoms. The highest BCUT2D eigenvalue weighted by molar-refractivity contribution is 5.71. The van der Waals surface area contributed by atoms with Crippen molar-refractivity contribution in [1.82, 2.24) is 0 Å². The van der Waals surface area contributed by atoms with Gasteiger partial charge >= 0.3 is 17.9 Å². The minimum absolute atomic E-state index is 0.0718. The van der Waals surface area contributed by atoms with Crippen LogP contribution in [-0.4, -0.2) is 37.2 Å². The van der Waals surface area contributed by atoms with Gasteiger partial charge in [-0.3, -0.25) is 14.4 Å². The zero-order valence-corrected chi connectivity index (χ0v) is 29.9. The molecule has 0 bridgehead atoms. The number of unbranched alkanes of at least 4 members (excludes halogenated alkanes) is 21. The average Bonchev–Trinajstić information content (AvgIpc) is 3.03. The van der Waals surface area contributed by atoms with Crippen molar-refractivity contribution in [2.45, 2.75) is 207 Å². The lowest BCUT2D eigenvalue weighted by molar-refractivity contribution is -0.167. The number of carbonyl (C=O) groups excluding carboxylic acids is 3. The molecule has 1 unspecified atom stereocenters. The van der Waals surface area contributed by atoms with Crippen LogP contribution in [0.25, 0.3) is 0 Å². The van der Waals surface area contributed by atoms with Crippen LogP contribution in [0.1, 0.15) is 201 Å². The predicted octanol–water partition coefficient (Wildman–Crippen LogP) is 11.5. The lowest BCUT2D eigenvalue weighted by Gasteiger charge is -2.18. The average molecular weight is 637 g/mol. The Hall–Kier alpha value is -1.85. The summed E-state index contributed by atoms with van der Waals surface area (Å²) in [6.45, 7) is 6.48. The Morgan fingerprint density at radius 2 is 0.733 bits per heavy atom. The largest absolute Gasteiger partial charge is 0.462 e. The molecule has 0 saturated carbocycles. The molecule has 0 spiro atoms. The molecule has 0 aromatic rings. The summed E-state index contributed by atoms with van der Waals surface area (Å²) in [5.41, 5.74) is 0. The highest BCUT2D eigenvalue weighted by Crippen LogP contribution is 2.13. The molecule has 6 nitrogen and oxygen atoms in total. The van der Waals surface area contributed by atoms with Gasteiger partial charge < -0.3 is 14.2 Å². The van der Waals surface area contributed by atoms with Gasteiger partial charge in [0.25, 0.3) is 0 Å². The lowest BCUT2D eigenvalue weighted by atomic mass is 10.1. The standard InChI is InChI=1S/C39H72O6/c1-4-7-10-13-16-17-18-19-20-21-22-23-24-27-29-32-38(41)44-35-36(45-39(42)33-30-26-15-12-9-6-3)34-43-37(40)31-28-25-14-11-8-5-2/h19-20,36H,4-18,21-35H2,1-3H3/b20-19-. The van der Waals surface area contributed by atoms with Crippen molar-refractivity contribution in [1.29, 1.82) is 0 Å². The van der Waals surface area contributed by atoms with Crippen molar-refractivity contribution in [3.05, 3.63) is 12.2 Å². The SMILES string of the molecule is CCCCCCCC/C=C\CCCCCCCC(=O)OCC(COC(=O)CCCCCCCC)OC(=O)CCCCCCCC. The number of rotatable bonds is 34. The second-order valence-corrected chi connectivity index (χ2v) is 12.8. The van der Waals surface area contributed by atoms with E-state index in [0.29, 0.717) is 19.3 Å². The number of allylic oxidation sites excluding steroid dienone is 2. The van der Waals surface area contributed by atoms with E-state index in [0.717, 1.165) is 64.2 Å². The van der Waals surface area contributed by atoms with Crippen molar-refractivity contribution in [2.24, 2.45) is 0 Å². The van der Waals surface area contributed by atoms with Gasteiger partial charge in [0, 0.05) is 19.3 Å². The Morgan fingerprint density at radius 1 is 0.422 bits per heavy atom. The van der Waals surface area contributed by atoms with Gasteiger partial charge in [-0.05, 0) is 44.9 Å². The molecule has 0 aliphatic carbocycles. The van der Waals surface area contributed by atoms with Crippen LogP contribution in [0.15, 0.2) is 12.2 Å². The van der Waals surface area contributed by atoms with Gasteiger partial charge in [-0.15, -0.1) is 0 Å². The first-order chi connectivity index (χ1) is 22.0. The fourth-order valence-electron chi connectivity index (χ4n) is 5.32. The van der Waals surface area contributed by atoms with E-state index in [4.69, 9.17) is 14.2 Å². The molecule has 0 N–H and O–H groups in total. The summed E-state index contributed by atoms with van der Waals surface area (Å²) in [4.78, 5) is 37.1. The topological polar surface area (TPSA) is 78.9 Å². The molecule has 0 rings (SSSR count). The summed E-state index contributed by atoms with van der Waals surface area (Å²) in [6.07, 6.45) is 33.7. The highest BCUT2D eigenvalue weighted by Gasteiger charge is 2.19. The molecule has 0 aromatic carbocycles. The summed E-state index contributed by atoms with van der Waals surface area (Å²) in [5, 5.41) is 0. The van der Waals surface area contributed by atoms with E-state index in [2.05, 4.69) is 32.9 Å². The van der Waals surface area contributed by atoms with Gasteiger partial charge in [-0.1, -0.05) is 148 Å². The summed E-state index contributed by atoms with van der Waals surface area (Å²) in [6, 6.07) is 0. The molecule has 0 aromatic heterocycles. The molecule has 0 aliphatic heterocycles. The van der Waals surface area contributed by atoms with Crippen LogP contribution in [0.3, 0.4) is 0 Å². The molecule has 264 valence electrons. The summed E-state index contributed by atoms with van der Waals surface area (Å²) in [5.74, 6) is -0.902. The van der Waals surface area contributed by atoms with E-state index < -0.39 is 6.10 Å². The van der Waals surface area contributed by atoms with Crippen molar-refractivity contribution in [2.75, 3.05) is 13.2 Å². The van der Waals surface area contributed by atoms with Crippen molar-refractivity contribution in [3.63, 3.8) is 0 Å². The molecule has 0 saturated heterocycles. The fourth-order valence-corrected chi connectivity index (χ4v) is 5.32. The number of hydrogen-bond acceptors (Lipinski definition) is 6. The molecule has 0 radical (unpaired) electrons. The van der Waals surface area contributed by atoms with Crippen molar-refractivity contribution >= 4 is 17.9 Å². The maximum atomic E-state index is 12.5. The van der Waals surface area contributed by atoms with E-state index >= 15 is 0 Å². The Morgan fingerprint density at radius 3 is 1.11 bits per heavy atom. The Labute approximate surface area is 278 Å². The van der Waals surface area contributed by atoms with Crippen LogP contribution < -0.4 is 0 Å². The molecule has 0 amide bonds. The predicted molar refractivity (Wildman–Crippen MR) is 187 cm³/mol. The maximum absolute atomic E-state index is 12.5. The van der Waals surface area contributed by atoms with Gasteiger partial charge in [0.1, 0.15) is 13.2 Å². The summed E-state index contributed by atoms with van der Waals surface area (Å²) in [7, 11) is 0. The van der Waals surface area contributed by atoms with Crippen LogP contribution in [0, 0.1) is 0 Å². The van der Waals surface area contributed by atoms with E-state index in [-0.39, 0.29) is 31.1 Å². The molecule has 0 heterocycles. The van der Waals surface area contributed by atoms with Crippen molar-refractivity contribution in [3.8, 4) is 0 Å². The second kappa shape index (κ2) is 35.0. The highest BCUT2D eigenvalue weighted by atomic mass is 16.6. The van der Waals surface area contributed by atoms with E-state index in [1.807, 2.05) is 0 Å². The number of esters is 3. The Balaban J connectivity index is 4.20. The number of ether oxygens (including phenoxy) is 3. The first-order valence-electron chi connectivity index (χ1n) is 19.2. The van der Waals surface area contributed by atoms with Crippen LogP contribution >= 0.6 is 0 Å². The Kier molecular flexibility index (Phi) is 33.6. The normalized spacial score (nSPS) is 12.0. The molecular formula is C39H72O6. The molecular weight excluding hydrogens is 564 g/mol. The van der Waals surface area contributed by atoms with E-state index in [1.165, 1.54) is 96.3 Å². The molecule has 0 aliphatic rings. The first-order valence-corrected chi connectivity index (χ1v) is 19.2. The minimum Gasteiger partial charge on any atom is -0.462 e. The van der Waals surface area contributed by atoms with Gasteiger partial charge in [0.2, 0.25) is 0 Å².